The van der Waals surface area contributed by atoms with E-state index in [2.05, 4.69) is 47.9 Å². The number of aliphatic imine (C=N–C) groups is 1. The van der Waals surface area contributed by atoms with Crippen LogP contribution in [-0.2, 0) is 12.8 Å². The number of aromatic nitrogens is 4. The first-order valence-corrected chi connectivity index (χ1v) is 20.6. The van der Waals surface area contributed by atoms with Crippen LogP contribution in [0, 0.1) is 45.1 Å². The number of nitrogens with zero attached hydrogens (tertiary/aromatic N) is 6. The third-order valence-corrected chi connectivity index (χ3v) is 11.6. The smallest absolute Gasteiger partial charge is 0.183 e. The van der Waals surface area contributed by atoms with E-state index < -0.39 is 22.5 Å². The molecule has 11 nitrogen and oxygen atoms in total. The lowest BCUT2D eigenvalue weighted by Crippen LogP contribution is -2.33. The van der Waals surface area contributed by atoms with Crippen LogP contribution < -0.4 is 20.1 Å². The summed E-state index contributed by atoms with van der Waals surface area (Å²) < 4.78 is 39.9. The van der Waals surface area contributed by atoms with Crippen LogP contribution in [0.2, 0.25) is 10.0 Å². The molecule has 0 radical (unpaired) electrons. The fourth-order valence-corrected chi connectivity index (χ4v) is 8.05. The maximum Gasteiger partial charge on any atom is 0.183 e. The van der Waals surface area contributed by atoms with Gasteiger partial charge in [-0.15, -0.1) is 0 Å². The third-order valence-electron chi connectivity index (χ3n) is 11.0. The van der Waals surface area contributed by atoms with Crippen molar-refractivity contribution < 1.29 is 18.3 Å². The van der Waals surface area contributed by atoms with Crippen molar-refractivity contribution in [2.45, 2.75) is 76.4 Å². The molecule has 0 spiro atoms. The monoisotopic (exact) mass is 849 g/mol. The molecule has 0 amide bonds. The molecule has 8 rings (SSSR count). The summed E-state index contributed by atoms with van der Waals surface area (Å²) in [5.74, 6) is 2.21. The minimum atomic E-state index is -0.540. The minimum absolute atomic E-state index is 0.0457. The minimum Gasteiger partial charge on any atom is -0.487 e. The van der Waals surface area contributed by atoms with Crippen molar-refractivity contribution in [2.24, 2.45) is 15.8 Å². The zero-order valence-corrected chi connectivity index (χ0v) is 34.2. The number of H-pyrrole nitrogens is 1. The zero-order valence-electron chi connectivity index (χ0n) is 32.7. The van der Waals surface area contributed by atoms with Crippen LogP contribution in [0.25, 0.3) is 0 Å². The maximum atomic E-state index is 14.1. The first-order valence-electron chi connectivity index (χ1n) is 19.8. The molecule has 15 heteroatoms. The van der Waals surface area contributed by atoms with Crippen molar-refractivity contribution in [2.75, 3.05) is 17.2 Å². The van der Waals surface area contributed by atoms with Gasteiger partial charge >= 0.3 is 0 Å². The van der Waals surface area contributed by atoms with E-state index in [9.17, 15) is 19.3 Å². The fourth-order valence-electron chi connectivity index (χ4n) is 7.72. The molecule has 2 aromatic carbocycles. The Morgan fingerprint density at radius 1 is 0.700 bits per heavy atom. The third kappa shape index (κ3) is 10.8. The van der Waals surface area contributed by atoms with Gasteiger partial charge in [0.1, 0.15) is 23.3 Å². The molecule has 2 saturated carbocycles. The molecule has 0 bridgehead atoms. The number of aromatic amines is 1. The Morgan fingerprint density at radius 2 is 1.20 bits per heavy atom. The topological polar surface area (TPSA) is 157 Å². The van der Waals surface area contributed by atoms with Crippen LogP contribution in [0.3, 0.4) is 0 Å². The van der Waals surface area contributed by atoms with Crippen molar-refractivity contribution in [3.63, 3.8) is 0 Å². The van der Waals surface area contributed by atoms with Gasteiger partial charge in [0.2, 0.25) is 0 Å². The highest BCUT2D eigenvalue weighted by Gasteiger charge is 2.38. The number of ether oxygens (including phenoxy) is 2. The highest BCUT2D eigenvalue weighted by Crippen LogP contribution is 2.42. The van der Waals surface area contributed by atoms with E-state index >= 15 is 0 Å². The van der Waals surface area contributed by atoms with Gasteiger partial charge in [0.25, 0.3) is 0 Å². The molecule has 308 valence electrons. The molecule has 2 aliphatic carbocycles. The average molecular weight is 851 g/mol. The molecule has 2 fully saturated rings. The lowest BCUT2D eigenvalue weighted by Gasteiger charge is -2.35. The summed E-state index contributed by atoms with van der Waals surface area (Å²) >= 11 is 11.7. The fraction of sp³-hybridized carbons (Fsp3) is 0.333. The van der Waals surface area contributed by atoms with E-state index in [1.54, 1.807) is 30.5 Å². The lowest BCUT2D eigenvalue weighted by molar-refractivity contribution is 0.102. The van der Waals surface area contributed by atoms with E-state index in [-0.39, 0.29) is 33.8 Å². The Hall–Kier alpha value is -6.02. The van der Waals surface area contributed by atoms with Crippen LogP contribution in [0.1, 0.15) is 62.8 Å². The largest absolute Gasteiger partial charge is 0.487 e. The predicted octanol–water partition coefficient (Wildman–Crippen LogP) is 10.7. The highest BCUT2D eigenvalue weighted by molar-refractivity contribution is 6.31. The van der Waals surface area contributed by atoms with Gasteiger partial charge in [-0.05, 0) is 106 Å². The summed E-state index contributed by atoms with van der Waals surface area (Å²) in [7, 11) is 0. The van der Waals surface area contributed by atoms with Crippen molar-refractivity contribution in [1.29, 1.82) is 10.5 Å². The normalized spacial score (nSPS) is 22.0. The summed E-state index contributed by atoms with van der Waals surface area (Å²) in [6.45, 7) is 0.682. The molecule has 0 saturated heterocycles. The number of hydrogen-bond donors (Lipinski definition) is 3. The quantitative estimate of drug-likeness (QED) is 0.118. The zero-order chi connectivity index (χ0) is 42.0. The number of amidine groups is 1. The van der Waals surface area contributed by atoms with Crippen molar-refractivity contribution in [3.05, 3.63) is 130 Å². The summed E-state index contributed by atoms with van der Waals surface area (Å²) in [6, 6.07) is 27.8. The molecule has 4 heterocycles. The van der Waals surface area contributed by atoms with E-state index in [0.29, 0.717) is 76.6 Å². The summed E-state index contributed by atoms with van der Waals surface area (Å²) in [6.07, 6.45) is 11.8. The van der Waals surface area contributed by atoms with Gasteiger partial charge in [0.15, 0.2) is 23.1 Å². The molecule has 3 N–H and O–H groups in total. The molecule has 5 aromatic rings. The Kier molecular flexibility index (Phi) is 13.6. The Morgan fingerprint density at radius 3 is 1.65 bits per heavy atom. The number of anilines is 3. The van der Waals surface area contributed by atoms with Crippen LogP contribution in [0.5, 0.6) is 11.5 Å². The molecule has 1 aliphatic heterocycles. The second-order valence-corrected chi connectivity index (χ2v) is 16.1. The van der Waals surface area contributed by atoms with Crippen LogP contribution >= 0.6 is 23.2 Å². The van der Waals surface area contributed by atoms with Crippen molar-refractivity contribution in [3.8, 4) is 23.6 Å². The Bertz CT molecular complexity index is 2400. The molecular formula is C45H43Cl2F2N9O2. The molecular weight excluding hydrogens is 807 g/mol. The second-order valence-electron chi connectivity index (χ2n) is 15.3. The molecule has 60 heavy (non-hydrogen) atoms. The molecule has 3 aliphatic rings. The summed E-state index contributed by atoms with van der Waals surface area (Å²) in [5.41, 5.74) is 0.709. The molecule has 3 aromatic heterocycles. The van der Waals surface area contributed by atoms with Gasteiger partial charge in [0, 0.05) is 30.3 Å². The number of hydrogen-bond acceptors (Lipinski definition) is 10. The SMILES string of the molecule is N#CC1(Cc2cccc(NC3=NCC=C3)n2)CCC(Oc2cccc(Cl)c2F)CC1.N#CC1(Cc2cccc(Nc3ccn[nH]3)n2)CCC(Oc2cccc(Cl)c2F)CC1. The van der Waals surface area contributed by atoms with E-state index in [1.165, 1.54) is 12.1 Å². The molecule has 0 unspecified atom stereocenters. The number of rotatable bonds is 11. The van der Waals surface area contributed by atoms with Crippen molar-refractivity contribution in [1.82, 2.24) is 20.2 Å². The second kappa shape index (κ2) is 19.4. The number of benzene rings is 2. The van der Waals surface area contributed by atoms with E-state index in [4.69, 9.17) is 32.7 Å². The molecule has 0 atom stereocenters. The number of pyridine rings is 2. The van der Waals surface area contributed by atoms with E-state index in [0.717, 1.165) is 28.9 Å². The van der Waals surface area contributed by atoms with Gasteiger partial charge in [-0.1, -0.05) is 53.5 Å². The average Bonchev–Trinajstić information content (AvgIpc) is 3.98. The summed E-state index contributed by atoms with van der Waals surface area (Å²) in [5, 5.41) is 33.0. The van der Waals surface area contributed by atoms with Gasteiger partial charge in [-0.2, -0.15) is 15.6 Å². The standard InChI is InChI=1S/C23H22ClFN4O.C22H21ClFN5O/c24-18-5-2-6-19(22(18)25)30-17-9-11-23(15-26,12-10-17)14-16-4-1-7-21(28-16)29-20-8-3-13-27-20;23-17-4-2-5-18(21(17)24)30-16-7-10-22(14-25,11-8-16)13-15-3-1-6-19(27-15)28-20-9-12-26-29-20/h1-8,17H,9-14H2,(H,27,28,29);1-6,9,12,16H,7-8,10-11,13H2,(H2,26,27,28,29). The number of halogens is 4. The van der Waals surface area contributed by atoms with Crippen molar-refractivity contribution >= 4 is 46.5 Å². The predicted molar refractivity (Wildman–Crippen MR) is 227 cm³/mol. The van der Waals surface area contributed by atoms with Crippen LogP contribution in [-0.4, -0.2) is 44.8 Å². The number of nitrogens with one attached hydrogen (secondary N) is 3. The first-order chi connectivity index (χ1) is 29.1. The van der Waals surface area contributed by atoms with Crippen LogP contribution in [0.15, 0.2) is 102 Å². The van der Waals surface area contributed by atoms with Gasteiger partial charge in [-0.25, -0.2) is 18.7 Å². The Labute approximate surface area is 357 Å². The van der Waals surface area contributed by atoms with Gasteiger partial charge in [0.05, 0.1) is 58.0 Å². The Balaban J connectivity index is 0.000000181. The highest BCUT2D eigenvalue weighted by atomic mass is 35.5. The van der Waals surface area contributed by atoms with Crippen LogP contribution in [0.4, 0.5) is 26.2 Å². The first kappa shape index (κ1) is 42.1. The number of nitriles is 2. The maximum absolute atomic E-state index is 14.1. The van der Waals surface area contributed by atoms with Gasteiger partial charge in [-0.3, -0.25) is 10.1 Å². The summed E-state index contributed by atoms with van der Waals surface area (Å²) in [4.78, 5) is 13.6. The van der Waals surface area contributed by atoms with E-state index in [1.807, 2.05) is 54.6 Å². The lowest BCUT2D eigenvalue weighted by atomic mass is 9.71. The van der Waals surface area contributed by atoms with Gasteiger partial charge < -0.3 is 20.1 Å².